The van der Waals surface area contributed by atoms with Crippen LogP contribution in [0.2, 0.25) is 0 Å². The largest absolute Gasteiger partial charge is 0.338 e. The van der Waals surface area contributed by atoms with Crippen molar-refractivity contribution in [2.75, 3.05) is 31.6 Å². The minimum Gasteiger partial charge on any atom is -0.338 e. The second-order valence-electron chi connectivity index (χ2n) is 5.28. The Hall–Kier alpha value is -1.66. The second-order valence-corrected chi connectivity index (χ2v) is 5.66. The standard InChI is InChI=1S/C14H19N5S/c1-11-10-18(9-8-17(11)2)13-15-16-14(20)19(13)12-6-4-3-5-7-12/h3-7,11H,8-10H2,1-2H3,(H,16,20). The summed E-state index contributed by atoms with van der Waals surface area (Å²) in [6.45, 7) is 5.20. The predicted octanol–water partition coefficient (Wildman–Crippen LogP) is 2.07. The number of benzene rings is 1. The van der Waals surface area contributed by atoms with E-state index >= 15 is 0 Å². The number of aromatic amines is 1. The van der Waals surface area contributed by atoms with Crippen LogP contribution in [0.3, 0.4) is 0 Å². The normalized spacial score (nSPS) is 20.3. The molecule has 0 radical (unpaired) electrons. The maximum absolute atomic E-state index is 5.38. The second kappa shape index (κ2) is 5.38. The minimum absolute atomic E-state index is 0.512. The lowest BCUT2D eigenvalue weighted by atomic mass is 10.2. The average Bonchev–Trinajstić information content (AvgIpc) is 2.85. The number of likely N-dealkylation sites (N-methyl/N-ethyl adjacent to an activating group) is 1. The fraction of sp³-hybridized carbons (Fsp3) is 0.429. The van der Waals surface area contributed by atoms with Gasteiger partial charge in [0, 0.05) is 25.7 Å². The topological polar surface area (TPSA) is 40.1 Å². The van der Waals surface area contributed by atoms with Crippen LogP contribution in [0, 0.1) is 4.77 Å². The van der Waals surface area contributed by atoms with Gasteiger partial charge in [-0.3, -0.25) is 4.57 Å². The highest BCUT2D eigenvalue weighted by molar-refractivity contribution is 7.71. The molecule has 5 nitrogen and oxygen atoms in total. The molecule has 1 aliphatic heterocycles. The number of nitrogens with zero attached hydrogens (tertiary/aromatic N) is 4. The van der Waals surface area contributed by atoms with E-state index in [1.807, 2.05) is 34.9 Å². The number of aromatic nitrogens is 3. The third-order valence-corrected chi connectivity index (χ3v) is 4.19. The fourth-order valence-electron chi connectivity index (χ4n) is 2.54. The van der Waals surface area contributed by atoms with Gasteiger partial charge in [0.15, 0.2) is 0 Å². The molecule has 1 fully saturated rings. The average molecular weight is 289 g/mol. The number of hydrogen-bond acceptors (Lipinski definition) is 4. The van der Waals surface area contributed by atoms with Gasteiger partial charge in [0.05, 0.1) is 5.69 Å². The lowest BCUT2D eigenvalue weighted by Crippen LogP contribution is -2.50. The van der Waals surface area contributed by atoms with Crippen molar-refractivity contribution in [2.24, 2.45) is 0 Å². The van der Waals surface area contributed by atoms with Gasteiger partial charge in [-0.1, -0.05) is 18.2 Å². The molecule has 1 atom stereocenters. The van der Waals surface area contributed by atoms with E-state index in [0.29, 0.717) is 10.8 Å². The zero-order valence-electron chi connectivity index (χ0n) is 11.8. The maximum Gasteiger partial charge on any atom is 0.230 e. The van der Waals surface area contributed by atoms with Crippen molar-refractivity contribution in [1.29, 1.82) is 0 Å². The van der Waals surface area contributed by atoms with Crippen LogP contribution in [0.5, 0.6) is 0 Å². The van der Waals surface area contributed by atoms with Gasteiger partial charge in [0.1, 0.15) is 0 Å². The van der Waals surface area contributed by atoms with Gasteiger partial charge in [-0.05, 0) is 38.3 Å². The van der Waals surface area contributed by atoms with Gasteiger partial charge in [0.2, 0.25) is 10.7 Å². The molecule has 1 saturated heterocycles. The van der Waals surface area contributed by atoms with Crippen LogP contribution in [0.1, 0.15) is 6.92 Å². The molecule has 0 bridgehead atoms. The van der Waals surface area contributed by atoms with Gasteiger partial charge < -0.3 is 9.80 Å². The smallest absolute Gasteiger partial charge is 0.230 e. The van der Waals surface area contributed by atoms with Gasteiger partial charge in [-0.25, -0.2) is 5.10 Å². The molecule has 0 amide bonds. The molecule has 1 aromatic heterocycles. The number of nitrogens with one attached hydrogen (secondary N) is 1. The SMILES string of the molecule is CC1CN(c2n[nH]c(=S)n2-c2ccccc2)CCN1C. The Morgan fingerprint density at radius 2 is 2.00 bits per heavy atom. The Bertz CT molecular complexity index is 633. The highest BCUT2D eigenvalue weighted by atomic mass is 32.1. The first-order valence-corrected chi connectivity index (χ1v) is 7.25. The molecular weight excluding hydrogens is 270 g/mol. The molecule has 1 aliphatic rings. The molecule has 2 heterocycles. The molecular formula is C14H19N5S. The summed E-state index contributed by atoms with van der Waals surface area (Å²) in [5, 5.41) is 7.35. The summed E-state index contributed by atoms with van der Waals surface area (Å²) in [5.41, 5.74) is 1.05. The van der Waals surface area contributed by atoms with E-state index in [2.05, 4.69) is 34.0 Å². The molecule has 0 aliphatic carbocycles. The highest BCUT2D eigenvalue weighted by Crippen LogP contribution is 2.20. The zero-order chi connectivity index (χ0) is 14.1. The first-order valence-electron chi connectivity index (χ1n) is 6.85. The number of piperazine rings is 1. The van der Waals surface area contributed by atoms with Crippen LogP contribution in [0.25, 0.3) is 5.69 Å². The molecule has 1 N–H and O–H groups in total. The summed E-state index contributed by atoms with van der Waals surface area (Å²) in [6, 6.07) is 10.6. The molecule has 106 valence electrons. The summed E-state index contributed by atoms with van der Waals surface area (Å²) >= 11 is 5.38. The lowest BCUT2D eigenvalue weighted by molar-refractivity contribution is 0.232. The summed E-state index contributed by atoms with van der Waals surface area (Å²) in [7, 11) is 2.16. The van der Waals surface area contributed by atoms with Gasteiger partial charge >= 0.3 is 0 Å². The molecule has 20 heavy (non-hydrogen) atoms. The van der Waals surface area contributed by atoms with Crippen molar-refractivity contribution in [3.8, 4) is 5.69 Å². The predicted molar refractivity (Wildman–Crippen MR) is 83.1 cm³/mol. The van der Waals surface area contributed by atoms with Crippen molar-refractivity contribution in [1.82, 2.24) is 19.7 Å². The van der Waals surface area contributed by atoms with Crippen LogP contribution in [0.15, 0.2) is 30.3 Å². The number of para-hydroxylation sites is 1. The van der Waals surface area contributed by atoms with E-state index in [1.54, 1.807) is 0 Å². The quantitative estimate of drug-likeness (QED) is 0.859. The van der Waals surface area contributed by atoms with E-state index in [4.69, 9.17) is 12.2 Å². The van der Waals surface area contributed by atoms with Crippen LogP contribution in [0.4, 0.5) is 5.95 Å². The maximum atomic E-state index is 5.38. The molecule has 3 rings (SSSR count). The molecule has 6 heteroatoms. The van der Waals surface area contributed by atoms with Crippen molar-refractivity contribution in [2.45, 2.75) is 13.0 Å². The Morgan fingerprint density at radius 3 is 2.70 bits per heavy atom. The first kappa shape index (κ1) is 13.3. The summed E-state index contributed by atoms with van der Waals surface area (Å²) in [5.74, 6) is 0.904. The molecule has 1 unspecified atom stereocenters. The number of hydrogen-bond donors (Lipinski definition) is 1. The first-order chi connectivity index (χ1) is 9.66. The van der Waals surface area contributed by atoms with Gasteiger partial charge in [0.25, 0.3) is 0 Å². The van der Waals surface area contributed by atoms with Crippen molar-refractivity contribution >= 4 is 18.2 Å². The third-order valence-electron chi connectivity index (χ3n) is 3.91. The molecule has 0 spiro atoms. The zero-order valence-corrected chi connectivity index (χ0v) is 12.6. The highest BCUT2D eigenvalue weighted by Gasteiger charge is 2.24. The summed E-state index contributed by atoms with van der Waals surface area (Å²) < 4.78 is 2.64. The van der Waals surface area contributed by atoms with Gasteiger partial charge in [-0.2, -0.15) is 0 Å². The minimum atomic E-state index is 0.512. The Morgan fingerprint density at radius 1 is 1.25 bits per heavy atom. The monoisotopic (exact) mass is 289 g/mol. The summed E-state index contributed by atoms with van der Waals surface area (Å²) in [4.78, 5) is 4.66. The van der Waals surface area contributed by atoms with Gasteiger partial charge in [-0.15, -0.1) is 5.10 Å². The lowest BCUT2D eigenvalue weighted by Gasteiger charge is -2.38. The van der Waals surface area contributed by atoms with Crippen molar-refractivity contribution < 1.29 is 0 Å². The van der Waals surface area contributed by atoms with E-state index in [9.17, 15) is 0 Å². The molecule has 1 aromatic carbocycles. The number of rotatable bonds is 2. The third kappa shape index (κ3) is 2.36. The summed E-state index contributed by atoms with van der Waals surface area (Å²) in [6.07, 6.45) is 0. The Labute approximate surface area is 123 Å². The Kier molecular flexibility index (Phi) is 3.58. The van der Waals surface area contributed by atoms with Crippen molar-refractivity contribution in [3.05, 3.63) is 35.1 Å². The van der Waals surface area contributed by atoms with E-state index in [1.165, 1.54) is 0 Å². The van der Waals surface area contributed by atoms with Crippen LogP contribution in [-0.4, -0.2) is 52.4 Å². The Balaban J connectivity index is 1.98. The van der Waals surface area contributed by atoms with E-state index in [0.717, 1.165) is 31.3 Å². The number of H-pyrrole nitrogens is 1. The number of anilines is 1. The van der Waals surface area contributed by atoms with Crippen LogP contribution >= 0.6 is 12.2 Å². The molecule has 2 aromatic rings. The van der Waals surface area contributed by atoms with Crippen molar-refractivity contribution in [3.63, 3.8) is 0 Å². The molecule has 0 saturated carbocycles. The van der Waals surface area contributed by atoms with E-state index in [-0.39, 0.29) is 0 Å². The fourth-order valence-corrected chi connectivity index (χ4v) is 2.77. The van der Waals surface area contributed by atoms with E-state index < -0.39 is 0 Å². The van der Waals surface area contributed by atoms with Crippen LogP contribution < -0.4 is 4.90 Å². The van der Waals surface area contributed by atoms with Crippen LogP contribution in [-0.2, 0) is 0 Å².